The topological polar surface area (TPSA) is 92.2 Å². The van der Waals surface area contributed by atoms with Gasteiger partial charge in [0.25, 0.3) is 0 Å². The largest absolute Gasteiger partial charge is 0.354 e. The maximum absolute atomic E-state index is 12.3. The molecule has 2 aromatic rings. The van der Waals surface area contributed by atoms with Crippen molar-refractivity contribution in [2.45, 2.75) is 32.5 Å². The van der Waals surface area contributed by atoms with Crippen molar-refractivity contribution in [2.24, 2.45) is 0 Å². The van der Waals surface area contributed by atoms with E-state index >= 15 is 0 Å². The number of carbonyl (C=O) groups excluding carboxylic acids is 2. The number of rotatable bonds is 7. The number of nitrogens with zero attached hydrogens (tertiary/aromatic N) is 4. The van der Waals surface area contributed by atoms with Crippen LogP contribution in [0.15, 0.2) is 36.9 Å². The minimum Gasteiger partial charge on any atom is -0.354 e. The standard InChI is InChI=1S/C18H24N6O2/c1-14-4-2-3-5-15(14)11-23-8-6-21-18(26)16(23)10-17(25)20-7-9-24-13-19-12-22-24/h2-5,12-13,16H,6-11H2,1H3,(H,20,25)(H,21,26)/t16-/m0/s1. The zero-order chi connectivity index (χ0) is 18.4. The lowest BCUT2D eigenvalue weighted by Gasteiger charge is -2.35. The molecule has 0 bridgehead atoms. The third-order valence-electron chi connectivity index (χ3n) is 4.58. The van der Waals surface area contributed by atoms with Crippen LogP contribution in [-0.2, 0) is 22.7 Å². The van der Waals surface area contributed by atoms with Crippen molar-refractivity contribution in [1.29, 1.82) is 0 Å². The van der Waals surface area contributed by atoms with Crippen LogP contribution in [0.1, 0.15) is 17.5 Å². The van der Waals surface area contributed by atoms with E-state index in [0.717, 1.165) is 6.54 Å². The average molecular weight is 356 g/mol. The molecule has 0 saturated carbocycles. The quantitative estimate of drug-likeness (QED) is 0.734. The Morgan fingerprint density at radius 2 is 2.23 bits per heavy atom. The second kappa shape index (κ2) is 8.57. The molecule has 1 aromatic heterocycles. The Balaban J connectivity index is 1.56. The van der Waals surface area contributed by atoms with Crippen molar-refractivity contribution in [3.63, 3.8) is 0 Å². The normalized spacial score (nSPS) is 17.7. The number of hydrogen-bond donors (Lipinski definition) is 2. The van der Waals surface area contributed by atoms with E-state index in [1.165, 1.54) is 17.5 Å². The van der Waals surface area contributed by atoms with Gasteiger partial charge in [-0.05, 0) is 18.1 Å². The highest BCUT2D eigenvalue weighted by Gasteiger charge is 2.31. The maximum atomic E-state index is 12.3. The molecule has 1 aromatic carbocycles. The van der Waals surface area contributed by atoms with Gasteiger partial charge in [0, 0.05) is 26.2 Å². The first-order valence-electron chi connectivity index (χ1n) is 8.79. The first kappa shape index (κ1) is 18.1. The molecule has 2 N–H and O–H groups in total. The van der Waals surface area contributed by atoms with Crippen LogP contribution >= 0.6 is 0 Å². The van der Waals surface area contributed by atoms with Gasteiger partial charge in [0.1, 0.15) is 12.7 Å². The van der Waals surface area contributed by atoms with Gasteiger partial charge < -0.3 is 10.6 Å². The Hall–Kier alpha value is -2.74. The van der Waals surface area contributed by atoms with Crippen LogP contribution in [0, 0.1) is 6.92 Å². The van der Waals surface area contributed by atoms with Gasteiger partial charge in [-0.15, -0.1) is 0 Å². The van der Waals surface area contributed by atoms with Gasteiger partial charge in [0.15, 0.2) is 0 Å². The molecule has 138 valence electrons. The summed E-state index contributed by atoms with van der Waals surface area (Å²) in [6, 6.07) is 7.68. The lowest BCUT2D eigenvalue weighted by Crippen LogP contribution is -2.56. The Morgan fingerprint density at radius 1 is 1.38 bits per heavy atom. The van der Waals surface area contributed by atoms with E-state index in [0.29, 0.717) is 26.2 Å². The number of carbonyl (C=O) groups is 2. The molecule has 3 rings (SSSR count). The fraction of sp³-hybridized carbons (Fsp3) is 0.444. The summed E-state index contributed by atoms with van der Waals surface area (Å²) in [5.41, 5.74) is 2.37. The van der Waals surface area contributed by atoms with E-state index in [9.17, 15) is 9.59 Å². The Morgan fingerprint density at radius 3 is 3.00 bits per heavy atom. The van der Waals surface area contributed by atoms with E-state index in [1.54, 1.807) is 11.0 Å². The zero-order valence-electron chi connectivity index (χ0n) is 14.9. The molecule has 0 aliphatic carbocycles. The smallest absolute Gasteiger partial charge is 0.237 e. The number of aryl methyl sites for hydroxylation is 1. The zero-order valence-corrected chi connectivity index (χ0v) is 14.9. The van der Waals surface area contributed by atoms with Crippen molar-refractivity contribution >= 4 is 11.8 Å². The minimum atomic E-state index is -0.449. The second-order valence-corrected chi connectivity index (χ2v) is 6.42. The minimum absolute atomic E-state index is 0.0868. The molecule has 26 heavy (non-hydrogen) atoms. The van der Waals surface area contributed by atoms with Crippen molar-refractivity contribution in [3.8, 4) is 0 Å². The number of hydrogen-bond acceptors (Lipinski definition) is 5. The summed E-state index contributed by atoms with van der Waals surface area (Å²) < 4.78 is 1.65. The van der Waals surface area contributed by atoms with Crippen LogP contribution in [0.25, 0.3) is 0 Å². The summed E-state index contributed by atoms with van der Waals surface area (Å²) in [6.07, 6.45) is 3.21. The van der Waals surface area contributed by atoms with Gasteiger partial charge in [-0.3, -0.25) is 19.2 Å². The summed E-state index contributed by atoms with van der Waals surface area (Å²) >= 11 is 0. The summed E-state index contributed by atoms with van der Waals surface area (Å²) in [4.78, 5) is 30.5. The van der Waals surface area contributed by atoms with Crippen molar-refractivity contribution in [2.75, 3.05) is 19.6 Å². The van der Waals surface area contributed by atoms with E-state index in [2.05, 4.69) is 44.7 Å². The number of aromatic nitrogens is 3. The van der Waals surface area contributed by atoms with Crippen molar-refractivity contribution in [1.82, 2.24) is 30.3 Å². The molecule has 0 radical (unpaired) electrons. The van der Waals surface area contributed by atoms with Gasteiger partial charge in [0.2, 0.25) is 11.8 Å². The van der Waals surface area contributed by atoms with Gasteiger partial charge in [-0.25, -0.2) is 4.98 Å². The molecule has 2 heterocycles. The number of nitrogens with one attached hydrogen (secondary N) is 2. The number of amides is 2. The number of benzene rings is 1. The molecule has 0 unspecified atom stereocenters. The van der Waals surface area contributed by atoms with Crippen LogP contribution in [0.5, 0.6) is 0 Å². The average Bonchev–Trinajstić information content (AvgIpc) is 3.13. The molecule has 0 spiro atoms. The van der Waals surface area contributed by atoms with Gasteiger partial charge in [0.05, 0.1) is 19.0 Å². The lowest BCUT2D eigenvalue weighted by molar-refractivity contribution is -0.134. The number of piperazine rings is 1. The lowest BCUT2D eigenvalue weighted by atomic mass is 10.0. The monoisotopic (exact) mass is 356 g/mol. The van der Waals surface area contributed by atoms with Crippen LogP contribution in [-0.4, -0.2) is 57.2 Å². The fourth-order valence-corrected chi connectivity index (χ4v) is 3.09. The summed E-state index contributed by atoms with van der Waals surface area (Å²) in [5, 5.41) is 9.70. The summed E-state index contributed by atoms with van der Waals surface area (Å²) in [7, 11) is 0. The van der Waals surface area contributed by atoms with Crippen molar-refractivity contribution < 1.29 is 9.59 Å². The molecule has 8 nitrogen and oxygen atoms in total. The SMILES string of the molecule is Cc1ccccc1CN1CCNC(=O)[C@@H]1CC(=O)NCCn1cncn1. The Kier molecular flexibility index (Phi) is 5.96. The second-order valence-electron chi connectivity index (χ2n) is 6.42. The highest BCUT2D eigenvalue weighted by molar-refractivity contribution is 5.88. The van der Waals surface area contributed by atoms with Crippen LogP contribution in [0.4, 0.5) is 0 Å². The van der Waals surface area contributed by atoms with Crippen LogP contribution < -0.4 is 10.6 Å². The molecule has 1 fully saturated rings. The Bertz CT molecular complexity index is 746. The van der Waals surface area contributed by atoms with E-state index in [1.807, 2.05) is 12.1 Å². The summed E-state index contributed by atoms with van der Waals surface area (Å²) in [5.74, 6) is -0.224. The predicted molar refractivity (Wildman–Crippen MR) is 96.0 cm³/mol. The molecular formula is C18H24N6O2. The first-order valence-corrected chi connectivity index (χ1v) is 8.79. The Labute approximate surface area is 152 Å². The molecule has 1 saturated heterocycles. The highest BCUT2D eigenvalue weighted by Crippen LogP contribution is 2.16. The maximum Gasteiger partial charge on any atom is 0.237 e. The van der Waals surface area contributed by atoms with E-state index in [-0.39, 0.29) is 18.2 Å². The van der Waals surface area contributed by atoms with Crippen LogP contribution in [0.2, 0.25) is 0 Å². The van der Waals surface area contributed by atoms with Crippen molar-refractivity contribution in [3.05, 3.63) is 48.0 Å². The van der Waals surface area contributed by atoms with Gasteiger partial charge in [-0.2, -0.15) is 5.10 Å². The molecule has 1 aliphatic heterocycles. The molecule has 8 heteroatoms. The third kappa shape index (κ3) is 4.66. The van der Waals surface area contributed by atoms with E-state index in [4.69, 9.17) is 0 Å². The van der Waals surface area contributed by atoms with Crippen LogP contribution in [0.3, 0.4) is 0 Å². The fourth-order valence-electron chi connectivity index (χ4n) is 3.09. The van der Waals surface area contributed by atoms with E-state index < -0.39 is 6.04 Å². The van der Waals surface area contributed by atoms with Gasteiger partial charge >= 0.3 is 0 Å². The van der Waals surface area contributed by atoms with Gasteiger partial charge in [-0.1, -0.05) is 24.3 Å². The third-order valence-corrected chi connectivity index (χ3v) is 4.58. The highest BCUT2D eigenvalue weighted by atomic mass is 16.2. The molecule has 2 amide bonds. The summed E-state index contributed by atoms with van der Waals surface area (Å²) in [6.45, 7) is 5.07. The predicted octanol–water partition coefficient (Wildman–Crippen LogP) is 0.0934. The molecular weight excluding hydrogens is 332 g/mol. The first-order chi connectivity index (χ1) is 12.6. The molecule has 1 atom stereocenters. The molecule has 1 aliphatic rings.